The average molecular weight is 499 g/mol. The van der Waals surface area contributed by atoms with Crippen LogP contribution in [0, 0.1) is 0 Å². The van der Waals surface area contributed by atoms with Gasteiger partial charge in [0.05, 0.1) is 20.8 Å². The molecule has 0 heterocycles. The number of rotatable bonds is 9. The molecular weight excluding hydrogens is 469 g/mol. The van der Waals surface area contributed by atoms with Crippen LogP contribution in [0.2, 0.25) is 0 Å². The number of aromatic hydroxyl groups is 1. The summed E-state index contributed by atoms with van der Waals surface area (Å²) in [4.78, 5) is 4.61. The Morgan fingerprint density at radius 1 is 1.00 bits per heavy atom. The minimum atomic E-state index is -0.00123. The third kappa shape index (κ3) is 7.46. The molecule has 2 rings (SSSR count). The number of hydrogen-bond donors (Lipinski definition) is 3. The highest BCUT2D eigenvalue weighted by Gasteiger charge is 2.11. The first-order chi connectivity index (χ1) is 13.2. The SMILES string of the molecule is CCNC(=NCc1cc(OC)c(O)c(OC)c1)NCCCc1ccccc1.I. The molecule has 0 fully saturated rings. The molecule has 6 nitrogen and oxygen atoms in total. The highest BCUT2D eigenvalue weighted by molar-refractivity contribution is 14.0. The highest BCUT2D eigenvalue weighted by atomic mass is 127. The van der Waals surface area contributed by atoms with Crippen LogP contribution in [0.3, 0.4) is 0 Å². The Balaban J connectivity index is 0.00000392. The van der Waals surface area contributed by atoms with Crippen molar-refractivity contribution in [2.75, 3.05) is 27.3 Å². The van der Waals surface area contributed by atoms with Crippen molar-refractivity contribution in [3.8, 4) is 17.2 Å². The molecule has 0 aliphatic rings. The van der Waals surface area contributed by atoms with Crippen molar-refractivity contribution in [1.29, 1.82) is 0 Å². The Morgan fingerprint density at radius 2 is 1.64 bits per heavy atom. The number of nitrogens with zero attached hydrogens (tertiary/aromatic N) is 1. The molecule has 154 valence electrons. The predicted molar refractivity (Wildman–Crippen MR) is 124 cm³/mol. The summed E-state index contributed by atoms with van der Waals surface area (Å²) >= 11 is 0. The summed E-state index contributed by atoms with van der Waals surface area (Å²) in [6.07, 6.45) is 2.05. The van der Waals surface area contributed by atoms with Crippen LogP contribution in [-0.2, 0) is 13.0 Å². The minimum absolute atomic E-state index is 0. The van der Waals surface area contributed by atoms with E-state index in [1.807, 2.05) is 13.0 Å². The lowest BCUT2D eigenvalue weighted by atomic mass is 10.1. The first kappa shape index (κ1) is 23.9. The molecule has 0 aromatic heterocycles. The second-order valence-corrected chi connectivity index (χ2v) is 6.06. The minimum Gasteiger partial charge on any atom is -0.502 e. The van der Waals surface area contributed by atoms with Gasteiger partial charge >= 0.3 is 0 Å². The zero-order valence-electron chi connectivity index (χ0n) is 16.7. The van der Waals surface area contributed by atoms with Crippen LogP contribution >= 0.6 is 24.0 Å². The van der Waals surface area contributed by atoms with Gasteiger partial charge in [0.1, 0.15) is 0 Å². The lowest BCUT2D eigenvalue weighted by Crippen LogP contribution is -2.37. The number of benzene rings is 2. The molecule has 28 heavy (non-hydrogen) atoms. The van der Waals surface area contributed by atoms with Crippen LogP contribution in [0.1, 0.15) is 24.5 Å². The Hall–Kier alpha value is -2.16. The Labute approximate surface area is 184 Å². The molecule has 0 spiro atoms. The zero-order valence-corrected chi connectivity index (χ0v) is 19.0. The fourth-order valence-corrected chi connectivity index (χ4v) is 2.70. The van der Waals surface area contributed by atoms with Gasteiger partial charge in [0.25, 0.3) is 0 Å². The van der Waals surface area contributed by atoms with E-state index in [1.54, 1.807) is 12.1 Å². The standard InChI is InChI=1S/C21H29N3O3.HI/c1-4-22-21(23-12-8-11-16-9-6-5-7-10-16)24-15-17-13-18(26-2)20(25)19(14-17)27-3;/h5-7,9-10,13-14,25H,4,8,11-12,15H2,1-3H3,(H2,22,23,24);1H. The van der Waals surface area contributed by atoms with Gasteiger partial charge in [0.2, 0.25) is 5.75 Å². The molecule has 0 amide bonds. The van der Waals surface area contributed by atoms with Crippen molar-refractivity contribution >= 4 is 29.9 Å². The number of aryl methyl sites for hydroxylation is 1. The fraction of sp³-hybridized carbons (Fsp3) is 0.381. The van der Waals surface area contributed by atoms with Gasteiger partial charge in [-0.05, 0) is 43.0 Å². The maximum Gasteiger partial charge on any atom is 0.200 e. The number of phenolic OH excluding ortho intramolecular Hbond substituents is 1. The van der Waals surface area contributed by atoms with E-state index in [1.165, 1.54) is 19.8 Å². The van der Waals surface area contributed by atoms with E-state index < -0.39 is 0 Å². The largest absolute Gasteiger partial charge is 0.502 e. The Kier molecular flexibility index (Phi) is 11.2. The highest BCUT2D eigenvalue weighted by Crippen LogP contribution is 2.37. The summed E-state index contributed by atoms with van der Waals surface area (Å²) in [5.74, 6) is 1.51. The normalized spacial score (nSPS) is 10.8. The molecular formula is C21H30IN3O3. The number of methoxy groups -OCH3 is 2. The van der Waals surface area contributed by atoms with Crippen molar-refractivity contribution in [2.45, 2.75) is 26.3 Å². The third-order valence-corrected chi connectivity index (χ3v) is 4.08. The van der Waals surface area contributed by atoms with Crippen molar-refractivity contribution < 1.29 is 14.6 Å². The van der Waals surface area contributed by atoms with E-state index in [9.17, 15) is 5.11 Å². The fourth-order valence-electron chi connectivity index (χ4n) is 2.70. The molecule has 0 saturated heterocycles. The molecule has 0 aliphatic carbocycles. The van der Waals surface area contributed by atoms with Crippen molar-refractivity contribution in [2.24, 2.45) is 4.99 Å². The molecule has 7 heteroatoms. The van der Waals surface area contributed by atoms with Crippen LogP contribution in [0.15, 0.2) is 47.5 Å². The molecule has 0 unspecified atom stereocenters. The predicted octanol–water partition coefficient (Wildman–Crippen LogP) is 3.72. The summed E-state index contributed by atoms with van der Waals surface area (Å²) in [5.41, 5.74) is 2.23. The summed E-state index contributed by atoms with van der Waals surface area (Å²) in [5, 5.41) is 16.6. The lowest BCUT2D eigenvalue weighted by Gasteiger charge is -2.13. The summed E-state index contributed by atoms with van der Waals surface area (Å²) < 4.78 is 10.4. The maximum absolute atomic E-state index is 10.0. The molecule has 2 aromatic rings. The van der Waals surface area contributed by atoms with Gasteiger partial charge in [0.15, 0.2) is 17.5 Å². The number of nitrogens with one attached hydrogen (secondary N) is 2. The summed E-state index contributed by atoms with van der Waals surface area (Å²) in [6, 6.07) is 14.0. The molecule has 0 bridgehead atoms. The van der Waals surface area contributed by atoms with E-state index in [-0.39, 0.29) is 29.7 Å². The Morgan fingerprint density at radius 3 is 2.21 bits per heavy atom. The number of hydrogen-bond acceptors (Lipinski definition) is 4. The van der Waals surface area contributed by atoms with E-state index in [0.29, 0.717) is 18.0 Å². The number of ether oxygens (including phenoxy) is 2. The second-order valence-electron chi connectivity index (χ2n) is 6.06. The molecule has 0 atom stereocenters. The number of phenols is 1. The van der Waals surface area contributed by atoms with Gasteiger partial charge in [-0.1, -0.05) is 30.3 Å². The van der Waals surface area contributed by atoms with Gasteiger partial charge in [0, 0.05) is 13.1 Å². The van der Waals surface area contributed by atoms with E-state index in [4.69, 9.17) is 9.47 Å². The molecule has 0 radical (unpaired) electrons. The molecule has 2 aromatic carbocycles. The number of aliphatic imine (C=N–C) groups is 1. The van der Waals surface area contributed by atoms with Crippen molar-refractivity contribution in [3.05, 3.63) is 53.6 Å². The zero-order chi connectivity index (χ0) is 19.5. The quantitative estimate of drug-likeness (QED) is 0.212. The van der Waals surface area contributed by atoms with Gasteiger partial charge in [-0.25, -0.2) is 4.99 Å². The molecule has 3 N–H and O–H groups in total. The smallest absolute Gasteiger partial charge is 0.200 e. The van der Waals surface area contributed by atoms with Crippen LogP contribution in [0.25, 0.3) is 0 Å². The van der Waals surface area contributed by atoms with E-state index in [0.717, 1.165) is 37.5 Å². The number of halogens is 1. The molecule has 0 saturated carbocycles. The van der Waals surface area contributed by atoms with Crippen LogP contribution in [-0.4, -0.2) is 38.4 Å². The topological polar surface area (TPSA) is 75.1 Å². The van der Waals surface area contributed by atoms with Crippen LogP contribution in [0.4, 0.5) is 0 Å². The Bertz CT molecular complexity index is 714. The van der Waals surface area contributed by atoms with Crippen LogP contribution in [0.5, 0.6) is 17.2 Å². The second kappa shape index (κ2) is 13.1. The van der Waals surface area contributed by atoms with Crippen molar-refractivity contribution in [1.82, 2.24) is 10.6 Å². The number of guanidine groups is 1. The first-order valence-corrected chi connectivity index (χ1v) is 9.17. The van der Waals surface area contributed by atoms with Crippen LogP contribution < -0.4 is 20.1 Å². The maximum atomic E-state index is 10.0. The van der Waals surface area contributed by atoms with Crippen molar-refractivity contribution in [3.63, 3.8) is 0 Å². The van der Waals surface area contributed by atoms with Gasteiger partial charge in [-0.3, -0.25) is 0 Å². The van der Waals surface area contributed by atoms with Gasteiger partial charge in [-0.15, -0.1) is 24.0 Å². The monoisotopic (exact) mass is 499 g/mol. The van der Waals surface area contributed by atoms with E-state index >= 15 is 0 Å². The third-order valence-electron chi connectivity index (χ3n) is 4.08. The lowest BCUT2D eigenvalue weighted by molar-refractivity contribution is 0.339. The summed E-state index contributed by atoms with van der Waals surface area (Å²) in [6.45, 7) is 4.10. The van der Waals surface area contributed by atoms with Gasteiger partial charge in [-0.2, -0.15) is 0 Å². The van der Waals surface area contributed by atoms with Gasteiger partial charge < -0.3 is 25.2 Å². The molecule has 0 aliphatic heterocycles. The average Bonchev–Trinajstić information content (AvgIpc) is 2.70. The first-order valence-electron chi connectivity index (χ1n) is 9.17. The van der Waals surface area contributed by atoms with E-state index in [2.05, 4.69) is 39.9 Å². The summed E-state index contributed by atoms with van der Waals surface area (Å²) in [7, 11) is 3.03.